The molecule has 1 N–H and O–H groups in total. The molecule has 2 heteroatoms. The van der Waals surface area contributed by atoms with Gasteiger partial charge in [0.2, 0.25) is 0 Å². The summed E-state index contributed by atoms with van der Waals surface area (Å²) in [6.45, 7) is 8.77. The van der Waals surface area contributed by atoms with Crippen LogP contribution in [0.5, 0.6) is 5.75 Å². The molecule has 1 aromatic carbocycles. The van der Waals surface area contributed by atoms with Crippen LogP contribution < -0.4 is 10.1 Å². The first kappa shape index (κ1) is 15.4. The number of benzene rings is 1. The fourth-order valence-electron chi connectivity index (χ4n) is 2.98. The second-order valence-electron chi connectivity index (χ2n) is 6.08. The Morgan fingerprint density at radius 2 is 2.15 bits per heavy atom. The van der Waals surface area contributed by atoms with Gasteiger partial charge in [0.15, 0.2) is 0 Å². The molecule has 1 aliphatic rings. The standard InChI is InChI=1S/C18H29NO/c1-4-14(3)12-17(19-5-2)8-6-15-7-9-18-16(13-15)10-11-20-18/h7,9,13-14,17,19H,4-6,8,10-12H2,1-3H3. The van der Waals surface area contributed by atoms with Crippen LogP contribution in [0, 0.1) is 5.92 Å². The lowest BCUT2D eigenvalue weighted by atomic mass is 9.94. The topological polar surface area (TPSA) is 21.3 Å². The lowest BCUT2D eigenvalue weighted by Crippen LogP contribution is -2.31. The van der Waals surface area contributed by atoms with Gasteiger partial charge in [-0.3, -0.25) is 0 Å². The van der Waals surface area contributed by atoms with Gasteiger partial charge in [-0.1, -0.05) is 39.3 Å². The molecule has 0 fully saturated rings. The Hall–Kier alpha value is -1.02. The summed E-state index contributed by atoms with van der Waals surface area (Å²) in [6, 6.07) is 7.37. The van der Waals surface area contributed by atoms with E-state index in [0.717, 1.165) is 31.2 Å². The monoisotopic (exact) mass is 275 g/mol. The highest BCUT2D eigenvalue weighted by Gasteiger charge is 2.14. The molecule has 0 aliphatic carbocycles. The Kier molecular flexibility index (Phi) is 5.90. The Morgan fingerprint density at radius 3 is 2.90 bits per heavy atom. The average Bonchev–Trinajstić information content (AvgIpc) is 2.92. The summed E-state index contributed by atoms with van der Waals surface area (Å²) in [6.07, 6.45) is 6.04. The zero-order valence-corrected chi connectivity index (χ0v) is 13.2. The first-order valence-electron chi connectivity index (χ1n) is 8.20. The largest absolute Gasteiger partial charge is 0.493 e. The number of fused-ring (bicyclic) bond motifs is 1. The van der Waals surface area contributed by atoms with Crippen molar-refractivity contribution in [2.24, 2.45) is 5.92 Å². The summed E-state index contributed by atoms with van der Waals surface area (Å²) in [5, 5.41) is 3.65. The van der Waals surface area contributed by atoms with Crippen molar-refractivity contribution in [1.29, 1.82) is 0 Å². The second kappa shape index (κ2) is 7.68. The Bertz CT molecular complexity index is 416. The number of aryl methyl sites for hydroxylation is 1. The molecule has 1 aliphatic heterocycles. The van der Waals surface area contributed by atoms with Crippen molar-refractivity contribution in [3.63, 3.8) is 0 Å². The zero-order valence-electron chi connectivity index (χ0n) is 13.2. The molecule has 2 atom stereocenters. The summed E-state index contributed by atoms with van der Waals surface area (Å²) in [7, 11) is 0. The molecule has 2 rings (SSSR count). The molecule has 1 heterocycles. The van der Waals surface area contributed by atoms with Gasteiger partial charge < -0.3 is 10.1 Å². The van der Waals surface area contributed by atoms with Crippen molar-refractivity contribution in [3.05, 3.63) is 29.3 Å². The summed E-state index contributed by atoms with van der Waals surface area (Å²) >= 11 is 0. The molecular weight excluding hydrogens is 246 g/mol. The summed E-state index contributed by atoms with van der Waals surface area (Å²) in [5.41, 5.74) is 2.85. The lowest BCUT2D eigenvalue weighted by Gasteiger charge is -2.21. The van der Waals surface area contributed by atoms with Crippen molar-refractivity contribution in [3.8, 4) is 5.75 Å². The van der Waals surface area contributed by atoms with Gasteiger partial charge in [-0.25, -0.2) is 0 Å². The summed E-state index contributed by atoms with van der Waals surface area (Å²) in [4.78, 5) is 0. The van der Waals surface area contributed by atoms with Crippen LogP contribution in [0.25, 0.3) is 0 Å². The molecule has 0 amide bonds. The highest BCUT2D eigenvalue weighted by atomic mass is 16.5. The molecule has 0 spiro atoms. The summed E-state index contributed by atoms with van der Waals surface area (Å²) in [5.74, 6) is 1.91. The molecule has 0 saturated carbocycles. The maximum absolute atomic E-state index is 5.57. The molecule has 1 aromatic rings. The Morgan fingerprint density at radius 1 is 1.30 bits per heavy atom. The average molecular weight is 275 g/mol. The van der Waals surface area contributed by atoms with Crippen LogP contribution in [-0.2, 0) is 12.8 Å². The van der Waals surface area contributed by atoms with E-state index in [2.05, 4.69) is 44.3 Å². The highest BCUT2D eigenvalue weighted by Crippen LogP contribution is 2.26. The Balaban J connectivity index is 1.88. The molecule has 2 unspecified atom stereocenters. The van der Waals surface area contributed by atoms with Gasteiger partial charge in [0.1, 0.15) is 5.75 Å². The molecule has 0 bridgehead atoms. The minimum Gasteiger partial charge on any atom is -0.493 e. The normalized spacial score (nSPS) is 16.6. The van der Waals surface area contributed by atoms with Crippen LogP contribution in [0.3, 0.4) is 0 Å². The van der Waals surface area contributed by atoms with Crippen molar-refractivity contribution in [2.45, 2.75) is 58.9 Å². The van der Waals surface area contributed by atoms with E-state index in [4.69, 9.17) is 4.74 Å². The highest BCUT2D eigenvalue weighted by molar-refractivity contribution is 5.39. The van der Waals surface area contributed by atoms with E-state index in [0.29, 0.717) is 6.04 Å². The summed E-state index contributed by atoms with van der Waals surface area (Å²) < 4.78 is 5.57. The van der Waals surface area contributed by atoms with Gasteiger partial charge in [0.05, 0.1) is 6.61 Å². The van der Waals surface area contributed by atoms with Gasteiger partial charge in [-0.2, -0.15) is 0 Å². The predicted molar refractivity (Wildman–Crippen MR) is 85.5 cm³/mol. The molecule has 2 nitrogen and oxygen atoms in total. The van der Waals surface area contributed by atoms with E-state index in [1.54, 1.807) is 0 Å². The van der Waals surface area contributed by atoms with Crippen LogP contribution in [0.1, 0.15) is 51.2 Å². The number of hydrogen-bond donors (Lipinski definition) is 1. The quantitative estimate of drug-likeness (QED) is 0.775. The lowest BCUT2D eigenvalue weighted by molar-refractivity contribution is 0.356. The van der Waals surface area contributed by atoms with Gasteiger partial charge in [-0.05, 0) is 48.9 Å². The fraction of sp³-hybridized carbons (Fsp3) is 0.667. The van der Waals surface area contributed by atoms with E-state index < -0.39 is 0 Å². The van der Waals surface area contributed by atoms with Crippen molar-refractivity contribution in [2.75, 3.05) is 13.2 Å². The first-order valence-corrected chi connectivity index (χ1v) is 8.20. The van der Waals surface area contributed by atoms with E-state index in [1.165, 1.54) is 36.8 Å². The first-order chi connectivity index (χ1) is 9.72. The third kappa shape index (κ3) is 4.24. The maximum atomic E-state index is 5.57. The van der Waals surface area contributed by atoms with Crippen molar-refractivity contribution in [1.82, 2.24) is 5.32 Å². The zero-order chi connectivity index (χ0) is 14.4. The minimum atomic E-state index is 0.652. The van der Waals surface area contributed by atoms with E-state index in [1.807, 2.05) is 0 Å². The SMILES string of the molecule is CCNC(CCc1ccc2c(c1)CCO2)CC(C)CC. The minimum absolute atomic E-state index is 0.652. The van der Waals surface area contributed by atoms with E-state index in [9.17, 15) is 0 Å². The number of rotatable bonds is 8. The number of nitrogens with one attached hydrogen (secondary N) is 1. The number of ether oxygens (including phenoxy) is 1. The van der Waals surface area contributed by atoms with Crippen LogP contribution >= 0.6 is 0 Å². The molecule has 20 heavy (non-hydrogen) atoms. The van der Waals surface area contributed by atoms with Crippen molar-refractivity contribution < 1.29 is 4.74 Å². The molecular formula is C18H29NO. The third-order valence-corrected chi connectivity index (χ3v) is 4.41. The molecule has 0 aromatic heterocycles. The maximum Gasteiger partial charge on any atom is 0.122 e. The molecule has 0 saturated heterocycles. The van der Waals surface area contributed by atoms with Gasteiger partial charge in [-0.15, -0.1) is 0 Å². The van der Waals surface area contributed by atoms with E-state index >= 15 is 0 Å². The third-order valence-electron chi connectivity index (χ3n) is 4.41. The number of hydrogen-bond acceptors (Lipinski definition) is 2. The molecule has 0 radical (unpaired) electrons. The van der Waals surface area contributed by atoms with Gasteiger partial charge in [0, 0.05) is 12.5 Å². The van der Waals surface area contributed by atoms with Crippen LogP contribution in [0.2, 0.25) is 0 Å². The van der Waals surface area contributed by atoms with E-state index in [-0.39, 0.29) is 0 Å². The smallest absolute Gasteiger partial charge is 0.122 e. The fourth-order valence-corrected chi connectivity index (χ4v) is 2.98. The van der Waals surface area contributed by atoms with Crippen LogP contribution in [-0.4, -0.2) is 19.2 Å². The van der Waals surface area contributed by atoms with Crippen LogP contribution in [0.4, 0.5) is 0 Å². The van der Waals surface area contributed by atoms with Crippen molar-refractivity contribution >= 4 is 0 Å². The van der Waals surface area contributed by atoms with Gasteiger partial charge >= 0.3 is 0 Å². The Labute approximate surface area is 123 Å². The molecule has 112 valence electrons. The van der Waals surface area contributed by atoms with Gasteiger partial charge in [0.25, 0.3) is 0 Å². The second-order valence-corrected chi connectivity index (χ2v) is 6.08. The van der Waals surface area contributed by atoms with Crippen LogP contribution in [0.15, 0.2) is 18.2 Å². The predicted octanol–water partition coefficient (Wildman–Crippen LogP) is 3.97.